The first-order chi connectivity index (χ1) is 7.38. The lowest BCUT2D eigenvalue weighted by Gasteiger charge is -2.18. The van der Waals surface area contributed by atoms with E-state index in [-0.39, 0.29) is 5.75 Å². The van der Waals surface area contributed by atoms with Crippen LogP contribution in [0.5, 0.6) is 0 Å². The fraction of sp³-hybridized carbons (Fsp3) is 0.500. The van der Waals surface area contributed by atoms with Gasteiger partial charge in [0, 0.05) is 5.75 Å². The van der Waals surface area contributed by atoms with Crippen LogP contribution in [0.3, 0.4) is 0 Å². The fourth-order valence-electron chi connectivity index (χ4n) is 1.49. The molecule has 3 nitrogen and oxygen atoms in total. The summed E-state index contributed by atoms with van der Waals surface area (Å²) >= 11 is 0. The zero-order chi connectivity index (χ0) is 12.3. The van der Waals surface area contributed by atoms with E-state index in [1.165, 1.54) is 0 Å². The molecule has 0 spiro atoms. The molecule has 0 aliphatic heterocycles. The number of hydrogen-bond donors (Lipinski definition) is 1. The van der Waals surface area contributed by atoms with Gasteiger partial charge in [0.25, 0.3) is 0 Å². The van der Waals surface area contributed by atoms with Crippen molar-refractivity contribution in [2.45, 2.75) is 32.1 Å². The quantitative estimate of drug-likeness (QED) is 0.876. The molecular weight excluding hydrogens is 224 g/mol. The van der Waals surface area contributed by atoms with E-state index in [1.54, 1.807) is 26.0 Å². The lowest BCUT2D eigenvalue weighted by Crippen LogP contribution is -2.26. The van der Waals surface area contributed by atoms with Gasteiger partial charge in [0.15, 0.2) is 9.84 Å². The number of rotatable bonds is 4. The topological polar surface area (TPSA) is 54.4 Å². The van der Waals surface area contributed by atoms with Crippen molar-refractivity contribution in [3.05, 3.63) is 35.4 Å². The maximum absolute atomic E-state index is 11.6. The smallest absolute Gasteiger partial charge is 0.155 e. The lowest BCUT2D eigenvalue weighted by molar-refractivity contribution is 0.176. The number of benzene rings is 1. The van der Waals surface area contributed by atoms with E-state index in [4.69, 9.17) is 0 Å². The molecule has 16 heavy (non-hydrogen) atoms. The second-order valence-electron chi connectivity index (χ2n) is 4.01. The molecule has 1 N–H and O–H groups in total. The van der Waals surface area contributed by atoms with Crippen LogP contribution in [-0.2, 0) is 9.84 Å². The van der Waals surface area contributed by atoms with E-state index in [0.717, 1.165) is 5.56 Å². The van der Waals surface area contributed by atoms with Gasteiger partial charge in [-0.3, -0.25) is 0 Å². The van der Waals surface area contributed by atoms with Crippen molar-refractivity contribution in [1.82, 2.24) is 0 Å². The standard InChI is InChI=1S/C12H18O3S/c1-4-16(14,15)10(3)12(13)11-7-5-9(2)6-8-11/h5-8,10,12-13H,4H2,1-3H3/t10-,12-/m0/s1. The highest BCUT2D eigenvalue weighted by Gasteiger charge is 2.27. The Hall–Kier alpha value is -0.870. The molecule has 1 aromatic rings. The Labute approximate surface area is 97.0 Å². The fourth-order valence-corrected chi connectivity index (χ4v) is 2.57. The summed E-state index contributed by atoms with van der Waals surface area (Å²) < 4.78 is 23.2. The zero-order valence-electron chi connectivity index (χ0n) is 9.84. The number of aliphatic hydroxyl groups is 1. The van der Waals surface area contributed by atoms with Crippen molar-refractivity contribution in [2.24, 2.45) is 0 Å². The Morgan fingerprint density at radius 3 is 2.19 bits per heavy atom. The molecule has 0 saturated carbocycles. The van der Waals surface area contributed by atoms with E-state index < -0.39 is 21.2 Å². The molecule has 0 unspecified atom stereocenters. The summed E-state index contributed by atoms with van der Waals surface area (Å²) in [5.41, 5.74) is 1.73. The molecule has 4 heteroatoms. The first-order valence-corrected chi connectivity index (χ1v) is 7.06. The van der Waals surface area contributed by atoms with Gasteiger partial charge >= 0.3 is 0 Å². The number of aryl methyl sites for hydroxylation is 1. The van der Waals surface area contributed by atoms with Crippen LogP contribution >= 0.6 is 0 Å². The van der Waals surface area contributed by atoms with E-state index in [0.29, 0.717) is 5.56 Å². The van der Waals surface area contributed by atoms with Gasteiger partial charge in [-0.05, 0) is 19.4 Å². The summed E-state index contributed by atoms with van der Waals surface area (Å²) in [4.78, 5) is 0. The van der Waals surface area contributed by atoms with Gasteiger partial charge in [-0.2, -0.15) is 0 Å². The van der Waals surface area contributed by atoms with Crippen LogP contribution < -0.4 is 0 Å². The molecule has 0 saturated heterocycles. The molecule has 0 heterocycles. The predicted molar refractivity (Wildman–Crippen MR) is 65.1 cm³/mol. The van der Waals surface area contributed by atoms with Gasteiger partial charge in [-0.15, -0.1) is 0 Å². The minimum Gasteiger partial charge on any atom is -0.387 e. The molecule has 0 aromatic heterocycles. The van der Waals surface area contributed by atoms with Crippen molar-refractivity contribution >= 4 is 9.84 Å². The van der Waals surface area contributed by atoms with E-state index in [9.17, 15) is 13.5 Å². The Balaban J connectivity index is 2.94. The highest BCUT2D eigenvalue weighted by atomic mass is 32.2. The number of hydrogen-bond acceptors (Lipinski definition) is 3. The van der Waals surface area contributed by atoms with Crippen molar-refractivity contribution in [1.29, 1.82) is 0 Å². The Morgan fingerprint density at radius 1 is 1.25 bits per heavy atom. The molecule has 0 amide bonds. The molecule has 1 rings (SSSR count). The van der Waals surface area contributed by atoms with Gasteiger partial charge in [0.1, 0.15) is 0 Å². The van der Waals surface area contributed by atoms with Gasteiger partial charge in [0.2, 0.25) is 0 Å². The van der Waals surface area contributed by atoms with Crippen LogP contribution in [-0.4, -0.2) is 24.5 Å². The third-order valence-corrected chi connectivity index (χ3v) is 5.03. The average Bonchev–Trinajstić information content (AvgIpc) is 2.28. The summed E-state index contributed by atoms with van der Waals surface area (Å²) in [6.07, 6.45) is -0.953. The third-order valence-electron chi connectivity index (χ3n) is 2.83. The summed E-state index contributed by atoms with van der Waals surface area (Å²) in [6, 6.07) is 7.26. The van der Waals surface area contributed by atoms with Gasteiger partial charge in [0.05, 0.1) is 11.4 Å². The summed E-state index contributed by atoms with van der Waals surface area (Å²) in [6.45, 7) is 5.08. The normalized spacial score (nSPS) is 15.8. The molecule has 0 fully saturated rings. The molecule has 0 bridgehead atoms. The van der Waals surface area contributed by atoms with Crippen molar-refractivity contribution in [2.75, 3.05) is 5.75 Å². The second-order valence-corrected chi connectivity index (χ2v) is 6.66. The maximum atomic E-state index is 11.6. The van der Waals surface area contributed by atoms with Crippen LogP contribution in [0, 0.1) is 6.92 Å². The van der Waals surface area contributed by atoms with Crippen LogP contribution in [0.4, 0.5) is 0 Å². The third kappa shape index (κ3) is 2.83. The number of sulfone groups is 1. The average molecular weight is 242 g/mol. The van der Waals surface area contributed by atoms with Crippen LogP contribution in [0.2, 0.25) is 0 Å². The van der Waals surface area contributed by atoms with E-state index in [1.807, 2.05) is 19.1 Å². The Bertz CT molecular complexity index is 434. The lowest BCUT2D eigenvalue weighted by atomic mass is 10.1. The molecule has 0 radical (unpaired) electrons. The minimum absolute atomic E-state index is 0.0527. The highest BCUT2D eigenvalue weighted by molar-refractivity contribution is 7.92. The first kappa shape index (κ1) is 13.2. The predicted octanol–water partition coefficient (Wildman–Crippen LogP) is 1.85. The first-order valence-electron chi connectivity index (χ1n) is 5.34. The summed E-state index contributed by atoms with van der Waals surface area (Å²) in [5.74, 6) is 0.0527. The Kier molecular flexibility index (Phi) is 4.10. The highest BCUT2D eigenvalue weighted by Crippen LogP contribution is 2.22. The van der Waals surface area contributed by atoms with E-state index in [2.05, 4.69) is 0 Å². The largest absolute Gasteiger partial charge is 0.387 e. The van der Waals surface area contributed by atoms with Gasteiger partial charge in [-0.25, -0.2) is 8.42 Å². The van der Waals surface area contributed by atoms with Crippen molar-refractivity contribution in [3.8, 4) is 0 Å². The van der Waals surface area contributed by atoms with Crippen molar-refractivity contribution in [3.63, 3.8) is 0 Å². The minimum atomic E-state index is -3.21. The van der Waals surface area contributed by atoms with Gasteiger partial charge < -0.3 is 5.11 Å². The monoisotopic (exact) mass is 242 g/mol. The summed E-state index contributed by atoms with van der Waals surface area (Å²) in [5, 5.41) is 9.20. The van der Waals surface area contributed by atoms with Crippen LogP contribution in [0.1, 0.15) is 31.1 Å². The molecule has 1 aromatic carbocycles. The molecule has 0 aliphatic rings. The molecule has 0 aliphatic carbocycles. The van der Waals surface area contributed by atoms with Crippen molar-refractivity contribution < 1.29 is 13.5 Å². The summed E-state index contributed by atoms with van der Waals surface area (Å²) in [7, 11) is -3.21. The van der Waals surface area contributed by atoms with Crippen LogP contribution in [0.15, 0.2) is 24.3 Å². The maximum Gasteiger partial charge on any atom is 0.155 e. The zero-order valence-corrected chi connectivity index (χ0v) is 10.7. The molecule has 2 atom stereocenters. The Morgan fingerprint density at radius 2 is 1.75 bits per heavy atom. The van der Waals surface area contributed by atoms with Gasteiger partial charge in [-0.1, -0.05) is 36.8 Å². The van der Waals surface area contributed by atoms with E-state index >= 15 is 0 Å². The SMILES string of the molecule is CCS(=O)(=O)[C@@H](C)[C@H](O)c1ccc(C)cc1. The van der Waals surface area contributed by atoms with Crippen LogP contribution in [0.25, 0.3) is 0 Å². The molecule has 90 valence electrons. The molecular formula is C12H18O3S. The second kappa shape index (κ2) is 4.97. The number of aliphatic hydroxyl groups excluding tert-OH is 1.